The topological polar surface area (TPSA) is 47.7 Å². The lowest BCUT2D eigenvalue weighted by molar-refractivity contribution is 0.242. The summed E-state index contributed by atoms with van der Waals surface area (Å²) in [6.07, 6.45) is 5.04. The first-order valence-electron chi connectivity index (χ1n) is 7.24. The molecule has 0 fully saturated rings. The summed E-state index contributed by atoms with van der Waals surface area (Å²) in [5.41, 5.74) is 4.99. The minimum atomic E-state index is 0.566. The number of aromatic nitrogens is 3. The van der Waals surface area contributed by atoms with Crippen LogP contribution in [0.1, 0.15) is 16.8 Å². The number of nitrogens with one attached hydrogen (secondary N) is 2. The summed E-state index contributed by atoms with van der Waals surface area (Å²) in [6.45, 7) is 2.86. The van der Waals surface area contributed by atoms with Crippen molar-refractivity contribution in [2.45, 2.75) is 19.5 Å². The van der Waals surface area contributed by atoms with E-state index in [0.29, 0.717) is 4.77 Å². The van der Waals surface area contributed by atoms with Gasteiger partial charge in [0.15, 0.2) is 4.77 Å². The first-order chi connectivity index (χ1) is 10.7. The Labute approximate surface area is 141 Å². The van der Waals surface area contributed by atoms with Crippen molar-refractivity contribution in [2.75, 3.05) is 6.54 Å². The van der Waals surface area contributed by atoms with E-state index < -0.39 is 0 Å². The largest absolute Gasteiger partial charge is 0.361 e. The summed E-state index contributed by atoms with van der Waals surface area (Å²) in [5, 5.41) is 1.28. The van der Waals surface area contributed by atoms with E-state index in [4.69, 9.17) is 12.2 Å². The lowest BCUT2D eigenvalue weighted by Gasteiger charge is -2.27. The molecule has 22 heavy (non-hydrogen) atoms. The number of benzene rings is 1. The Morgan fingerprint density at radius 1 is 1.36 bits per heavy atom. The van der Waals surface area contributed by atoms with Crippen LogP contribution in [0.4, 0.5) is 0 Å². The predicted octanol–water partition coefficient (Wildman–Crippen LogP) is 3.94. The zero-order valence-corrected chi connectivity index (χ0v) is 14.3. The fraction of sp³-hybridized carbons (Fsp3) is 0.250. The number of aromatic amines is 2. The van der Waals surface area contributed by atoms with E-state index in [1.807, 2.05) is 6.20 Å². The lowest BCUT2D eigenvalue weighted by atomic mass is 10.1. The van der Waals surface area contributed by atoms with Crippen molar-refractivity contribution >= 4 is 39.1 Å². The highest BCUT2D eigenvalue weighted by molar-refractivity contribution is 9.10. The third-order valence-electron chi connectivity index (χ3n) is 4.19. The van der Waals surface area contributed by atoms with Crippen molar-refractivity contribution < 1.29 is 0 Å². The molecule has 0 saturated heterocycles. The van der Waals surface area contributed by atoms with Gasteiger partial charge in [0.25, 0.3) is 0 Å². The van der Waals surface area contributed by atoms with Crippen molar-refractivity contribution in [3.8, 4) is 0 Å². The minimum Gasteiger partial charge on any atom is -0.361 e. The maximum Gasteiger partial charge on any atom is 0.196 e. The molecule has 2 aromatic heterocycles. The van der Waals surface area contributed by atoms with Gasteiger partial charge in [-0.2, -0.15) is 0 Å². The number of hydrogen-bond acceptors (Lipinski definition) is 3. The fourth-order valence-corrected chi connectivity index (χ4v) is 3.59. The zero-order chi connectivity index (χ0) is 15.1. The highest BCUT2D eigenvalue weighted by Crippen LogP contribution is 2.25. The number of H-pyrrole nitrogens is 2. The second kappa shape index (κ2) is 5.61. The quantitative estimate of drug-likeness (QED) is 0.667. The summed E-state index contributed by atoms with van der Waals surface area (Å²) >= 11 is 8.69. The van der Waals surface area contributed by atoms with E-state index in [9.17, 15) is 0 Å². The van der Waals surface area contributed by atoms with Crippen molar-refractivity contribution in [2.24, 2.45) is 0 Å². The van der Waals surface area contributed by atoms with E-state index >= 15 is 0 Å². The number of fused-ring (bicyclic) bond motifs is 2. The molecule has 0 radical (unpaired) electrons. The van der Waals surface area contributed by atoms with E-state index in [2.05, 4.69) is 60.2 Å². The average molecular weight is 375 g/mol. The van der Waals surface area contributed by atoms with Gasteiger partial charge >= 0.3 is 0 Å². The molecule has 3 aromatic rings. The molecule has 4 rings (SSSR count). The Balaban J connectivity index is 1.61. The molecule has 0 atom stereocenters. The summed E-state index contributed by atoms with van der Waals surface area (Å²) in [5.74, 6) is 0. The molecule has 1 aromatic carbocycles. The van der Waals surface area contributed by atoms with Gasteiger partial charge in [-0.05, 0) is 48.0 Å². The summed E-state index contributed by atoms with van der Waals surface area (Å²) in [6, 6.07) is 6.35. The lowest BCUT2D eigenvalue weighted by Crippen LogP contribution is -2.30. The molecule has 0 saturated carbocycles. The van der Waals surface area contributed by atoms with E-state index in [1.165, 1.54) is 27.7 Å². The van der Waals surface area contributed by atoms with Crippen LogP contribution in [0.5, 0.6) is 0 Å². The molecular weight excluding hydrogens is 360 g/mol. The molecule has 0 aliphatic carbocycles. The van der Waals surface area contributed by atoms with Gasteiger partial charge in [0.05, 0.1) is 0 Å². The van der Waals surface area contributed by atoms with Gasteiger partial charge in [-0.3, -0.25) is 4.90 Å². The third-order valence-corrected chi connectivity index (χ3v) is 4.89. The fourth-order valence-electron chi connectivity index (χ4n) is 3.05. The maximum absolute atomic E-state index is 5.13. The van der Waals surface area contributed by atoms with Gasteiger partial charge in [0.1, 0.15) is 0 Å². The molecule has 0 spiro atoms. The molecule has 4 nitrogen and oxygen atoms in total. The number of rotatable bonds is 2. The van der Waals surface area contributed by atoms with Crippen LogP contribution in [-0.2, 0) is 19.5 Å². The Hall–Kier alpha value is -1.50. The van der Waals surface area contributed by atoms with Gasteiger partial charge in [0.2, 0.25) is 0 Å². The van der Waals surface area contributed by atoms with E-state index in [-0.39, 0.29) is 0 Å². The van der Waals surface area contributed by atoms with Gasteiger partial charge in [-0.1, -0.05) is 15.9 Å². The summed E-state index contributed by atoms with van der Waals surface area (Å²) in [4.78, 5) is 13.2. The Bertz CT molecular complexity index is 899. The van der Waals surface area contributed by atoms with Gasteiger partial charge in [-0.15, -0.1) is 0 Å². The maximum atomic E-state index is 5.13. The van der Waals surface area contributed by atoms with Crippen LogP contribution in [0.25, 0.3) is 10.9 Å². The number of halogens is 1. The Morgan fingerprint density at radius 2 is 2.27 bits per heavy atom. The van der Waals surface area contributed by atoms with Gasteiger partial charge in [-0.25, -0.2) is 4.98 Å². The Kier molecular flexibility index (Phi) is 3.60. The standard InChI is InChI=1S/C16H15BrN4S/c17-12-1-2-14-13(5-12)11(7-18-14)8-21-4-3-10-6-19-16(22)20-15(10)9-21/h1-2,5-7,18H,3-4,8-9H2,(H,19,20,22). The number of nitrogens with zero attached hydrogens (tertiary/aromatic N) is 2. The summed E-state index contributed by atoms with van der Waals surface area (Å²) in [7, 11) is 0. The second-order valence-electron chi connectivity index (χ2n) is 5.66. The zero-order valence-electron chi connectivity index (χ0n) is 11.9. The highest BCUT2D eigenvalue weighted by atomic mass is 79.9. The van der Waals surface area contributed by atoms with Crippen LogP contribution in [0, 0.1) is 4.77 Å². The second-order valence-corrected chi connectivity index (χ2v) is 6.96. The summed E-state index contributed by atoms with van der Waals surface area (Å²) < 4.78 is 1.68. The van der Waals surface area contributed by atoms with Crippen LogP contribution in [0.15, 0.2) is 35.1 Å². The molecule has 2 N–H and O–H groups in total. The van der Waals surface area contributed by atoms with Crippen LogP contribution in [0.2, 0.25) is 0 Å². The molecule has 0 amide bonds. The van der Waals surface area contributed by atoms with Gasteiger partial charge < -0.3 is 9.97 Å². The average Bonchev–Trinajstić information content (AvgIpc) is 2.89. The van der Waals surface area contributed by atoms with Crippen LogP contribution >= 0.6 is 28.1 Å². The molecule has 1 aliphatic rings. The van der Waals surface area contributed by atoms with Crippen LogP contribution < -0.4 is 0 Å². The first-order valence-corrected chi connectivity index (χ1v) is 8.44. The van der Waals surface area contributed by atoms with Crippen molar-refractivity contribution in [3.05, 3.63) is 56.7 Å². The van der Waals surface area contributed by atoms with Crippen LogP contribution in [0.3, 0.4) is 0 Å². The third kappa shape index (κ3) is 2.62. The highest BCUT2D eigenvalue weighted by Gasteiger charge is 2.18. The SMILES string of the molecule is S=c1ncc2c([nH]1)CN(Cc1c[nH]c3ccc(Br)cc13)CC2. The Morgan fingerprint density at radius 3 is 3.18 bits per heavy atom. The normalized spacial score (nSPS) is 15.1. The smallest absolute Gasteiger partial charge is 0.196 e. The first kappa shape index (κ1) is 14.1. The molecule has 6 heteroatoms. The van der Waals surface area contributed by atoms with E-state index in [0.717, 1.165) is 30.5 Å². The van der Waals surface area contributed by atoms with Crippen LogP contribution in [-0.4, -0.2) is 26.4 Å². The predicted molar refractivity (Wildman–Crippen MR) is 93.2 cm³/mol. The molecular formula is C16H15BrN4S. The van der Waals surface area contributed by atoms with E-state index in [1.54, 1.807) is 0 Å². The molecule has 1 aliphatic heterocycles. The molecule has 3 heterocycles. The van der Waals surface area contributed by atoms with Gasteiger partial charge in [0, 0.05) is 53.1 Å². The van der Waals surface area contributed by atoms with Crippen molar-refractivity contribution in [3.63, 3.8) is 0 Å². The van der Waals surface area contributed by atoms with Crippen molar-refractivity contribution in [1.82, 2.24) is 19.9 Å². The minimum absolute atomic E-state index is 0.566. The molecule has 0 bridgehead atoms. The molecule has 0 unspecified atom stereocenters. The number of hydrogen-bond donors (Lipinski definition) is 2. The monoisotopic (exact) mass is 374 g/mol. The van der Waals surface area contributed by atoms with Crippen molar-refractivity contribution in [1.29, 1.82) is 0 Å². The molecule has 112 valence electrons.